The maximum Gasteiger partial charge on any atom is 0.182 e. The minimum Gasteiger partial charge on any atom is -0.336 e. The Morgan fingerprint density at radius 1 is 1.05 bits per heavy atom. The van der Waals surface area contributed by atoms with Gasteiger partial charge in [-0.3, -0.25) is 4.57 Å². The van der Waals surface area contributed by atoms with Crippen molar-refractivity contribution in [1.82, 2.24) is 9.55 Å². The molecule has 3 aromatic rings. The summed E-state index contributed by atoms with van der Waals surface area (Å²) in [5.41, 5.74) is 5.74. The zero-order valence-electron chi connectivity index (χ0n) is 11.9. The number of aromatic nitrogens is 2. The van der Waals surface area contributed by atoms with Crippen molar-refractivity contribution in [3.8, 4) is 16.9 Å². The van der Waals surface area contributed by atoms with Crippen LogP contribution in [0.2, 0.25) is 0 Å². The molecule has 106 valence electrons. The van der Waals surface area contributed by atoms with Crippen LogP contribution in [-0.2, 0) is 0 Å². The molecule has 21 heavy (non-hydrogen) atoms. The van der Waals surface area contributed by atoms with Crippen molar-refractivity contribution in [2.75, 3.05) is 0 Å². The van der Waals surface area contributed by atoms with E-state index in [2.05, 4.69) is 63.6 Å². The number of nitrogens with one attached hydrogen (secondary N) is 1. The van der Waals surface area contributed by atoms with Crippen LogP contribution in [0.5, 0.6) is 0 Å². The molecule has 2 nitrogen and oxygen atoms in total. The fourth-order valence-corrected chi connectivity index (χ4v) is 3.60. The molecule has 0 aliphatic heterocycles. The predicted molar refractivity (Wildman–Crippen MR) is 93.6 cm³/mol. The fraction of sp³-hybridized carbons (Fsp3) is 0.118. The SMILES string of the molecule is Cc1cc(Br)cc(C)c1-n1c(-c2ccccc2)c[nH]c1=S. The molecule has 0 radical (unpaired) electrons. The van der Waals surface area contributed by atoms with Crippen molar-refractivity contribution >= 4 is 28.1 Å². The first-order chi connectivity index (χ1) is 10.1. The van der Waals surface area contributed by atoms with Crippen LogP contribution in [0.25, 0.3) is 16.9 Å². The van der Waals surface area contributed by atoms with Crippen LogP contribution in [0.15, 0.2) is 53.1 Å². The monoisotopic (exact) mass is 358 g/mol. The van der Waals surface area contributed by atoms with Gasteiger partial charge in [0.25, 0.3) is 0 Å². The summed E-state index contributed by atoms with van der Waals surface area (Å²) >= 11 is 9.05. The Bertz CT molecular complexity index is 824. The average Bonchev–Trinajstić information content (AvgIpc) is 2.81. The minimum absolute atomic E-state index is 0.711. The highest BCUT2D eigenvalue weighted by Gasteiger charge is 2.13. The summed E-state index contributed by atoms with van der Waals surface area (Å²) in [5, 5.41) is 0. The fourth-order valence-electron chi connectivity index (χ4n) is 2.67. The van der Waals surface area contributed by atoms with Gasteiger partial charge in [-0.1, -0.05) is 46.3 Å². The van der Waals surface area contributed by atoms with E-state index in [0.717, 1.165) is 21.4 Å². The molecule has 0 saturated heterocycles. The molecule has 0 saturated carbocycles. The molecule has 2 aromatic carbocycles. The topological polar surface area (TPSA) is 20.7 Å². The first-order valence-corrected chi connectivity index (χ1v) is 7.91. The average molecular weight is 359 g/mol. The number of hydrogen-bond donors (Lipinski definition) is 1. The van der Waals surface area contributed by atoms with Crippen molar-refractivity contribution in [2.24, 2.45) is 0 Å². The second-order valence-corrected chi connectivity index (χ2v) is 6.37. The lowest BCUT2D eigenvalue weighted by atomic mass is 10.1. The third-order valence-corrected chi connectivity index (χ3v) is 4.28. The maximum atomic E-state index is 5.50. The smallest absolute Gasteiger partial charge is 0.182 e. The molecule has 0 bridgehead atoms. The Morgan fingerprint density at radius 3 is 2.29 bits per heavy atom. The molecular formula is C17H15BrN2S. The third-order valence-electron chi connectivity index (χ3n) is 3.53. The first-order valence-electron chi connectivity index (χ1n) is 6.71. The van der Waals surface area contributed by atoms with Crippen molar-refractivity contribution in [1.29, 1.82) is 0 Å². The summed E-state index contributed by atoms with van der Waals surface area (Å²) in [4.78, 5) is 3.17. The molecule has 0 amide bonds. The van der Waals surface area contributed by atoms with Gasteiger partial charge < -0.3 is 4.98 Å². The normalized spacial score (nSPS) is 10.8. The van der Waals surface area contributed by atoms with Crippen molar-refractivity contribution in [3.63, 3.8) is 0 Å². The number of hydrogen-bond acceptors (Lipinski definition) is 1. The molecule has 1 aromatic heterocycles. The van der Waals surface area contributed by atoms with Crippen molar-refractivity contribution in [3.05, 3.63) is 69.0 Å². The molecule has 1 N–H and O–H groups in total. The van der Waals surface area contributed by atoms with Crippen LogP contribution in [0.3, 0.4) is 0 Å². The Morgan fingerprint density at radius 2 is 1.67 bits per heavy atom. The van der Waals surface area contributed by atoms with E-state index in [1.54, 1.807) is 0 Å². The lowest BCUT2D eigenvalue weighted by Gasteiger charge is -2.15. The van der Waals surface area contributed by atoms with Gasteiger partial charge >= 0.3 is 0 Å². The van der Waals surface area contributed by atoms with Gasteiger partial charge in [0.1, 0.15) is 0 Å². The van der Waals surface area contributed by atoms with Crippen LogP contribution >= 0.6 is 28.1 Å². The molecule has 1 heterocycles. The summed E-state index contributed by atoms with van der Waals surface area (Å²) in [6, 6.07) is 14.5. The van der Waals surface area contributed by atoms with E-state index in [9.17, 15) is 0 Å². The lowest BCUT2D eigenvalue weighted by molar-refractivity contribution is 1.01. The van der Waals surface area contributed by atoms with Gasteiger partial charge in [-0.2, -0.15) is 0 Å². The highest BCUT2D eigenvalue weighted by molar-refractivity contribution is 9.10. The second kappa shape index (κ2) is 5.62. The van der Waals surface area contributed by atoms with Gasteiger partial charge in [0.15, 0.2) is 4.77 Å². The van der Waals surface area contributed by atoms with Crippen LogP contribution in [0, 0.1) is 18.6 Å². The lowest BCUT2D eigenvalue weighted by Crippen LogP contribution is -2.02. The number of nitrogens with zero attached hydrogens (tertiary/aromatic N) is 1. The van der Waals surface area contributed by atoms with Crippen LogP contribution in [0.1, 0.15) is 11.1 Å². The summed E-state index contributed by atoms with van der Waals surface area (Å²) in [5.74, 6) is 0. The highest BCUT2D eigenvalue weighted by atomic mass is 79.9. The largest absolute Gasteiger partial charge is 0.336 e. The first kappa shape index (κ1) is 14.3. The van der Waals surface area contributed by atoms with Crippen LogP contribution in [-0.4, -0.2) is 9.55 Å². The van der Waals surface area contributed by atoms with Gasteiger partial charge in [0, 0.05) is 16.2 Å². The second-order valence-electron chi connectivity index (χ2n) is 5.07. The molecular weight excluding hydrogens is 344 g/mol. The summed E-state index contributed by atoms with van der Waals surface area (Å²) < 4.78 is 3.91. The van der Waals surface area contributed by atoms with Crippen LogP contribution in [0.4, 0.5) is 0 Å². The van der Waals surface area contributed by atoms with Crippen molar-refractivity contribution < 1.29 is 0 Å². The molecule has 0 atom stereocenters. The Hall–Kier alpha value is -1.65. The van der Waals surface area contributed by atoms with Gasteiger partial charge in [-0.25, -0.2) is 0 Å². The third kappa shape index (κ3) is 2.61. The van der Waals surface area contributed by atoms with E-state index in [0.29, 0.717) is 4.77 Å². The van der Waals surface area contributed by atoms with Gasteiger partial charge in [-0.05, 0) is 49.3 Å². The maximum absolute atomic E-state index is 5.50. The molecule has 0 unspecified atom stereocenters. The van der Waals surface area contributed by atoms with E-state index in [4.69, 9.17) is 12.2 Å². The van der Waals surface area contributed by atoms with E-state index < -0.39 is 0 Å². The van der Waals surface area contributed by atoms with Crippen molar-refractivity contribution in [2.45, 2.75) is 13.8 Å². The Balaban J connectivity index is 2.30. The van der Waals surface area contributed by atoms with Gasteiger partial charge in [-0.15, -0.1) is 0 Å². The molecule has 3 rings (SSSR count). The number of imidazole rings is 1. The molecule has 0 spiro atoms. The molecule has 0 fully saturated rings. The van der Waals surface area contributed by atoms with Crippen LogP contribution < -0.4 is 0 Å². The van der Waals surface area contributed by atoms with E-state index >= 15 is 0 Å². The van der Waals surface area contributed by atoms with E-state index in [-0.39, 0.29) is 0 Å². The molecule has 4 heteroatoms. The zero-order chi connectivity index (χ0) is 15.0. The highest BCUT2D eigenvalue weighted by Crippen LogP contribution is 2.29. The summed E-state index contributed by atoms with van der Waals surface area (Å²) in [6.07, 6.45) is 1.97. The Labute approximate surface area is 137 Å². The molecule has 0 aliphatic carbocycles. The minimum atomic E-state index is 0.711. The van der Waals surface area contributed by atoms with Gasteiger partial charge in [0.05, 0.1) is 11.4 Å². The standard InChI is InChI=1S/C17H15BrN2S/c1-11-8-14(18)9-12(2)16(11)20-15(10-19-17(20)21)13-6-4-3-5-7-13/h3-10H,1-2H3,(H,19,21). The Kier molecular flexibility index (Phi) is 3.83. The summed E-state index contributed by atoms with van der Waals surface area (Å²) in [7, 11) is 0. The van der Waals surface area contributed by atoms with E-state index in [1.807, 2.05) is 24.4 Å². The zero-order valence-corrected chi connectivity index (χ0v) is 14.3. The number of H-pyrrole nitrogens is 1. The summed E-state index contributed by atoms with van der Waals surface area (Å²) in [6.45, 7) is 4.22. The number of benzene rings is 2. The van der Waals surface area contributed by atoms with Gasteiger partial charge in [0.2, 0.25) is 0 Å². The number of rotatable bonds is 2. The number of aromatic amines is 1. The van der Waals surface area contributed by atoms with E-state index in [1.165, 1.54) is 11.1 Å². The predicted octanol–water partition coefficient (Wildman–Crippen LogP) is 5.58. The number of halogens is 1. The quantitative estimate of drug-likeness (QED) is 0.592. The molecule has 0 aliphatic rings. The number of aryl methyl sites for hydroxylation is 2.